The van der Waals surface area contributed by atoms with Crippen molar-refractivity contribution in [2.45, 2.75) is 98.1 Å². The number of carbonyl (C=O) groups is 5. The van der Waals surface area contributed by atoms with E-state index in [9.17, 15) is 24.0 Å². The normalized spacial score (nSPS) is 36.2. The van der Waals surface area contributed by atoms with E-state index in [4.69, 9.17) is 28.4 Å². The van der Waals surface area contributed by atoms with E-state index in [2.05, 4.69) is 0 Å². The van der Waals surface area contributed by atoms with Crippen molar-refractivity contribution in [3.63, 3.8) is 0 Å². The summed E-state index contributed by atoms with van der Waals surface area (Å²) in [5.74, 6) is -3.20. The van der Waals surface area contributed by atoms with E-state index >= 15 is 0 Å². The van der Waals surface area contributed by atoms with Gasteiger partial charge in [-0.05, 0) is 50.9 Å². The molecule has 2 heterocycles. The third-order valence-corrected chi connectivity index (χ3v) is 9.95. The van der Waals surface area contributed by atoms with Crippen molar-refractivity contribution in [1.29, 1.82) is 0 Å². The van der Waals surface area contributed by atoms with Gasteiger partial charge in [0.15, 0.2) is 0 Å². The number of hydrogen-bond donors (Lipinski definition) is 0. The molecule has 8 atom stereocenters. The Kier molecular flexibility index (Phi) is 8.92. The molecular formula is C31H42O11. The maximum Gasteiger partial charge on any atom is 0.333 e. The minimum Gasteiger partial charge on any atom is -0.465 e. The summed E-state index contributed by atoms with van der Waals surface area (Å²) < 4.78 is 35.1. The second-order valence-corrected chi connectivity index (χ2v) is 12.4. The van der Waals surface area contributed by atoms with Gasteiger partial charge < -0.3 is 28.4 Å². The molecule has 4 rings (SSSR count). The predicted octanol–water partition coefficient (Wildman–Crippen LogP) is 3.38. The molecule has 0 radical (unpaired) electrons. The number of hydrogen-bond acceptors (Lipinski definition) is 11. The molecule has 4 aliphatic rings. The van der Waals surface area contributed by atoms with Gasteiger partial charge in [-0.2, -0.15) is 0 Å². The molecule has 1 saturated heterocycles. The first-order valence-corrected chi connectivity index (χ1v) is 14.5. The molecule has 1 spiro atoms. The van der Waals surface area contributed by atoms with E-state index < -0.39 is 70.5 Å². The molecule has 0 aromatic carbocycles. The van der Waals surface area contributed by atoms with Gasteiger partial charge in [0, 0.05) is 43.9 Å². The van der Waals surface area contributed by atoms with E-state index in [1.807, 2.05) is 13.8 Å². The van der Waals surface area contributed by atoms with Crippen LogP contribution in [-0.2, 0) is 52.4 Å². The lowest BCUT2D eigenvalue weighted by atomic mass is 9.42. The fourth-order valence-corrected chi connectivity index (χ4v) is 7.62. The van der Waals surface area contributed by atoms with Crippen molar-refractivity contribution < 1.29 is 52.4 Å². The van der Waals surface area contributed by atoms with E-state index in [1.54, 1.807) is 19.9 Å². The minimum atomic E-state index is -1.06. The fraction of sp³-hybridized carbons (Fsp3) is 0.710. The van der Waals surface area contributed by atoms with E-state index in [0.29, 0.717) is 37.0 Å². The average Bonchev–Trinajstić information content (AvgIpc) is 3.56. The molecule has 2 saturated carbocycles. The Labute approximate surface area is 246 Å². The molecule has 232 valence electrons. The third-order valence-electron chi connectivity index (χ3n) is 9.95. The predicted molar refractivity (Wildman–Crippen MR) is 146 cm³/mol. The first-order valence-electron chi connectivity index (χ1n) is 14.5. The molecule has 11 nitrogen and oxygen atoms in total. The van der Waals surface area contributed by atoms with Gasteiger partial charge in [0.25, 0.3) is 0 Å². The number of carbonyl (C=O) groups excluding carboxylic acids is 5. The summed E-state index contributed by atoms with van der Waals surface area (Å²) in [5.41, 5.74) is -1.65. The molecule has 0 N–H and O–H groups in total. The lowest BCUT2D eigenvalue weighted by Gasteiger charge is -2.64. The van der Waals surface area contributed by atoms with Gasteiger partial charge in [-0.1, -0.05) is 19.9 Å². The van der Waals surface area contributed by atoms with Crippen LogP contribution >= 0.6 is 0 Å². The lowest BCUT2D eigenvalue weighted by molar-refractivity contribution is -0.259. The topological polar surface area (TPSA) is 144 Å². The van der Waals surface area contributed by atoms with Crippen LogP contribution in [-0.4, -0.2) is 73.6 Å². The van der Waals surface area contributed by atoms with Gasteiger partial charge in [0.2, 0.25) is 0 Å². The maximum atomic E-state index is 13.0. The van der Waals surface area contributed by atoms with Gasteiger partial charge in [0.05, 0.1) is 12.0 Å². The van der Waals surface area contributed by atoms with Gasteiger partial charge in [0.1, 0.15) is 37.1 Å². The Bertz CT molecular complexity index is 1200. The SMILES string of the molecule is C/C=C(\C)C(=O)O[C@H](C[C@]1(C)[C@@H](C)C[C@@H](OC(C)=O)[C@@]2(COC(C)=O)[C@H]1[C@@H](OC(C)=O)CC[C@@]21CO1)C1=CC(=O)OC1. The highest BCUT2D eigenvalue weighted by molar-refractivity contribution is 5.88. The highest BCUT2D eigenvalue weighted by Gasteiger charge is 2.77. The molecular weight excluding hydrogens is 548 g/mol. The van der Waals surface area contributed by atoms with Crippen LogP contribution in [0.25, 0.3) is 0 Å². The summed E-state index contributed by atoms with van der Waals surface area (Å²) >= 11 is 0. The molecule has 0 aromatic heterocycles. The maximum absolute atomic E-state index is 13.0. The minimum absolute atomic E-state index is 0.0180. The smallest absolute Gasteiger partial charge is 0.333 e. The Hall–Kier alpha value is -3.21. The van der Waals surface area contributed by atoms with Crippen molar-refractivity contribution in [3.8, 4) is 0 Å². The van der Waals surface area contributed by atoms with Gasteiger partial charge >= 0.3 is 29.8 Å². The zero-order valence-electron chi connectivity index (χ0n) is 25.5. The Morgan fingerprint density at radius 1 is 1.10 bits per heavy atom. The first-order chi connectivity index (χ1) is 19.7. The quantitative estimate of drug-likeness (QED) is 0.169. The number of ether oxygens (including phenoxy) is 6. The molecule has 2 aliphatic carbocycles. The summed E-state index contributed by atoms with van der Waals surface area (Å²) in [4.78, 5) is 62.2. The molecule has 0 amide bonds. The van der Waals surface area contributed by atoms with Gasteiger partial charge in [-0.25, -0.2) is 9.59 Å². The highest BCUT2D eigenvalue weighted by Crippen LogP contribution is 2.69. The van der Waals surface area contributed by atoms with Crippen molar-refractivity contribution in [2.24, 2.45) is 22.7 Å². The second-order valence-electron chi connectivity index (χ2n) is 12.4. The fourth-order valence-electron chi connectivity index (χ4n) is 7.62. The largest absolute Gasteiger partial charge is 0.465 e. The summed E-state index contributed by atoms with van der Waals surface area (Å²) in [5, 5.41) is 0. The second kappa shape index (κ2) is 11.8. The van der Waals surface area contributed by atoms with Crippen molar-refractivity contribution in [1.82, 2.24) is 0 Å². The van der Waals surface area contributed by atoms with Crippen LogP contribution in [0.5, 0.6) is 0 Å². The molecule has 0 bridgehead atoms. The molecule has 0 aromatic rings. The number of rotatable bonds is 9. The van der Waals surface area contributed by atoms with Crippen LogP contribution in [0.1, 0.15) is 74.1 Å². The number of cyclic esters (lactones) is 1. The molecule has 2 aliphatic heterocycles. The Morgan fingerprint density at radius 3 is 2.29 bits per heavy atom. The highest BCUT2D eigenvalue weighted by atomic mass is 16.6. The van der Waals surface area contributed by atoms with Crippen molar-refractivity contribution >= 4 is 29.8 Å². The molecule has 3 fully saturated rings. The van der Waals surface area contributed by atoms with Crippen LogP contribution < -0.4 is 0 Å². The molecule has 11 heteroatoms. The standard InChI is InChI=1S/C31H42O11/c1-8-17(2)28(36)42-24(22-12-26(35)37-14-22)13-29(7)18(3)11-25(41-21(6)34)31(16-38-19(4)32)27(29)23(40-20(5)33)9-10-30(31)15-39-30/h8,12,18,23-25,27H,9-11,13-16H2,1-7H3/b17-8+/t18-,23-,24+,25+,27-,29+,30+,31-/m0/s1. The Morgan fingerprint density at radius 2 is 1.76 bits per heavy atom. The monoisotopic (exact) mass is 590 g/mol. The average molecular weight is 591 g/mol. The Balaban J connectivity index is 1.88. The zero-order valence-corrected chi connectivity index (χ0v) is 25.5. The van der Waals surface area contributed by atoms with Crippen molar-refractivity contribution in [3.05, 3.63) is 23.3 Å². The molecule has 42 heavy (non-hydrogen) atoms. The van der Waals surface area contributed by atoms with Gasteiger partial charge in [-0.3, -0.25) is 14.4 Å². The van der Waals surface area contributed by atoms with Crippen LogP contribution in [0.3, 0.4) is 0 Å². The summed E-state index contributed by atoms with van der Waals surface area (Å²) in [7, 11) is 0. The summed E-state index contributed by atoms with van der Waals surface area (Å²) in [6, 6.07) is 0. The van der Waals surface area contributed by atoms with E-state index in [0.717, 1.165) is 0 Å². The zero-order chi connectivity index (χ0) is 31.0. The van der Waals surface area contributed by atoms with E-state index in [1.165, 1.54) is 26.8 Å². The lowest BCUT2D eigenvalue weighted by Crippen LogP contribution is -2.71. The summed E-state index contributed by atoms with van der Waals surface area (Å²) in [6.07, 6.45) is 2.46. The van der Waals surface area contributed by atoms with Crippen LogP contribution in [0, 0.1) is 22.7 Å². The van der Waals surface area contributed by atoms with Gasteiger partial charge in [-0.15, -0.1) is 0 Å². The first kappa shape index (κ1) is 31.7. The summed E-state index contributed by atoms with van der Waals surface area (Å²) in [6.45, 7) is 11.7. The number of allylic oxidation sites excluding steroid dienone is 1. The number of fused-ring (bicyclic) bond motifs is 2. The van der Waals surface area contributed by atoms with E-state index in [-0.39, 0.29) is 25.6 Å². The number of epoxide rings is 1. The van der Waals surface area contributed by atoms with Crippen molar-refractivity contribution in [2.75, 3.05) is 19.8 Å². The van der Waals surface area contributed by atoms with Crippen LogP contribution in [0.4, 0.5) is 0 Å². The number of esters is 5. The van der Waals surface area contributed by atoms with Crippen LogP contribution in [0.2, 0.25) is 0 Å². The third kappa shape index (κ3) is 5.72. The molecule has 0 unspecified atom stereocenters. The van der Waals surface area contributed by atoms with Crippen LogP contribution in [0.15, 0.2) is 23.3 Å².